The molecule has 0 radical (unpaired) electrons. The van der Waals surface area contributed by atoms with Gasteiger partial charge in [-0.3, -0.25) is 4.79 Å². The summed E-state index contributed by atoms with van der Waals surface area (Å²) in [5, 5.41) is 9.22. The van der Waals surface area contributed by atoms with E-state index in [0.29, 0.717) is 24.2 Å². The number of carbonyl (C=O) groups excluding carboxylic acids is 1. The molecule has 30 heavy (non-hydrogen) atoms. The zero-order valence-corrected chi connectivity index (χ0v) is 16.9. The molecule has 2 aromatic carbocycles. The second kappa shape index (κ2) is 9.19. The third-order valence-corrected chi connectivity index (χ3v) is 4.44. The number of benzene rings is 2. The zero-order valence-electron chi connectivity index (χ0n) is 16.9. The highest BCUT2D eigenvalue weighted by molar-refractivity contribution is 5.96. The van der Waals surface area contributed by atoms with E-state index in [0.717, 1.165) is 23.3 Å². The summed E-state index contributed by atoms with van der Waals surface area (Å²) in [5.74, 6) is -1.20. The predicted molar refractivity (Wildman–Crippen MR) is 104 cm³/mol. The topological polar surface area (TPSA) is 72.8 Å². The van der Waals surface area contributed by atoms with Crippen LogP contribution in [0, 0.1) is 0 Å². The van der Waals surface area contributed by atoms with Crippen LogP contribution >= 0.6 is 0 Å². The number of ether oxygens (including phenoxy) is 2. The van der Waals surface area contributed by atoms with E-state index in [1.54, 1.807) is 12.1 Å². The van der Waals surface area contributed by atoms with Crippen LogP contribution < -0.4 is 9.47 Å². The third kappa shape index (κ3) is 6.50. The Hall–Kier alpha value is -3.03. The van der Waals surface area contributed by atoms with Gasteiger partial charge in [-0.05, 0) is 68.1 Å². The number of carboxylic acid groups (broad SMARTS) is 1. The van der Waals surface area contributed by atoms with Gasteiger partial charge in [-0.15, -0.1) is 13.2 Å². The summed E-state index contributed by atoms with van der Waals surface area (Å²) < 4.78 is 46.0. The molecule has 0 bridgehead atoms. The molecule has 2 aromatic rings. The van der Waals surface area contributed by atoms with Crippen LogP contribution in [-0.4, -0.2) is 28.8 Å². The first-order valence-corrected chi connectivity index (χ1v) is 9.34. The molecule has 0 saturated carbocycles. The summed E-state index contributed by atoms with van der Waals surface area (Å²) in [6.07, 6.45) is -3.57. The second-order valence-corrected chi connectivity index (χ2v) is 7.21. The fourth-order valence-corrected chi connectivity index (χ4v) is 2.73. The molecule has 0 heterocycles. The minimum absolute atomic E-state index is 0.170. The van der Waals surface area contributed by atoms with Crippen molar-refractivity contribution in [2.75, 3.05) is 0 Å². The molecule has 0 aromatic heterocycles. The summed E-state index contributed by atoms with van der Waals surface area (Å²) in [7, 11) is 0. The molecular weight excluding hydrogens is 401 g/mol. The highest BCUT2D eigenvalue weighted by Gasteiger charge is 2.31. The number of aryl methyl sites for hydroxylation is 2. The van der Waals surface area contributed by atoms with Crippen molar-refractivity contribution in [2.24, 2.45) is 0 Å². The molecule has 0 unspecified atom stereocenters. The number of carbonyl (C=O) groups is 2. The van der Waals surface area contributed by atoms with Crippen LogP contribution in [0.2, 0.25) is 0 Å². The molecule has 2 rings (SSSR count). The number of hydrogen-bond donors (Lipinski definition) is 1. The summed E-state index contributed by atoms with van der Waals surface area (Å²) in [6, 6.07) is 10.1. The number of alkyl halides is 3. The highest BCUT2D eigenvalue weighted by Crippen LogP contribution is 2.27. The van der Waals surface area contributed by atoms with Gasteiger partial charge in [0.25, 0.3) is 0 Å². The largest absolute Gasteiger partial charge is 0.573 e. The minimum atomic E-state index is -4.78. The highest BCUT2D eigenvalue weighted by atomic mass is 19.4. The minimum Gasteiger partial charge on any atom is -0.478 e. The van der Waals surface area contributed by atoms with E-state index in [9.17, 15) is 27.9 Å². The van der Waals surface area contributed by atoms with Gasteiger partial charge in [-0.25, -0.2) is 4.79 Å². The normalized spacial score (nSPS) is 11.8. The van der Waals surface area contributed by atoms with Crippen LogP contribution in [0.25, 0.3) is 0 Å². The lowest BCUT2D eigenvalue weighted by Crippen LogP contribution is -2.38. The van der Waals surface area contributed by atoms with Gasteiger partial charge in [-0.1, -0.05) is 19.1 Å². The second-order valence-electron chi connectivity index (χ2n) is 7.21. The van der Waals surface area contributed by atoms with Crippen LogP contribution in [0.15, 0.2) is 42.5 Å². The summed E-state index contributed by atoms with van der Waals surface area (Å²) in [6.45, 7) is 4.84. The zero-order chi connectivity index (χ0) is 22.5. The molecule has 0 fully saturated rings. The molecule has 0 aliphatic carbocycles. The summed E-state index contributed by atoms with van der Waals surface area (Å²) in [4.78, 5) is 23.6. The molecule has 0 spiro atoms. The molecule has 162 valence electrons. The SMILES string of the molecule is CCc1cc(CCC(=O)c2ccc(OC(F)(F)F)cc2)ccc1OC(C)(C)C(=O)O. The van der Waals surface area contributed by atoms with E-state index in [1.165, 1.54) is 26.0 Å². The fraction of sp³-hybridized carbons (Fsp3) is 0.364. The number of Topliss-reactive ketones (excluding diaryl/α,β-unsaturated/α-hetero) is 1. The van der Waals surface area contributed by atoms with E-state index < -0.39 is 17.9 Å². The number of halogens is 3. The van der Waals surface area contributed by atoms with Gasteiger partial charge in [0.05, 0.1) is 0 Å². The van der Waals surface area contributed by atoms with Gasteiger partial charge in [-0.2, -0.15) is 0 Å². The predicted octanol–water partition coefficient (Wildman–Crippen LogP) is 5.21. The standard InChI is InChI=1S/C22H23F3O5/c1-4-15-13-14(6-12-19(15)30-21(2,3)20(27)28)5-11-18(26)16-7-9-17(10-8-16)29-22(23,24)25/h6-10,12-13H,4-5,11H2,1-3H3,(H,27,28). The van der Waals surface area contributed by atoms with E-state index in [1.807, 2.05) is 13.0 Å². The molecular formula is C22H23F3O5. The number of hydrogen-bond acceptors (Lipinski definition) is 4. The Labute approximate surface area is 172 Å². The van der Waals surface area contributed by atoms with Crippen molar-refractivity contribution in [1.82, 2.24) is 0 Å². The number of ketones is 1. The monoisotopic (exact) mass is 424 g/mol. The Kier molecular flexibility index (Phi) is 7.12. The Morgan fingerprint density at radius 2 is 1.63 bits per heavy atom. The Balaban J connectivity index is 2.03. The lowest BCUT2D eigenvalue weighted by Gasteiger charge is -2.23. The third-order valence-electron chi connectivity index (χ3n) is 4.44. The number of aliphatic carboxylic acids is 1. The Bertz CT molecular complexity index is 902. The van der Waals surface area contributed by atoms with E-state index in [-0.39, 0.29) is 18.0 Å². The Morgan fingerprint density at radius 3 is 2.17 bits per heavy atom. The van der Waals surface area contributed by atoms with Gasteiger partial charge in [0.2, 0.25) is 0 Å². The van der Waals surface area contributed by atoms with E-state index in [2.05, 4.69) is 4.74 Å². The first-order valence-electron chi connectivity index (χ1n) is 9.34. The smallest absolute Gasteiger partial charge is 0.478 e. The van der Waals surface area contributed by atoms with Gasteiger partial charge >= 0.3 is 12.3 Å². The first-order chi connectivity index (χ1) is 13.9. The van der Waals surface area contributed by atoms with Crippen LogP contribution in [-0.2, 0) is 17.6 Å². The van der Waals surface area contributed by atoms with Crippen LogP contribution in [0.5, 0.6) is 11.5 Å². The lowest BCUT2D eigenvalue weighted by molar-refractivity contribution is -0.274. The molecule has 5 nitrogen and oxygen atoms in total. The quantitative estimate of drug-likeness (QED) is 0.560. The first kappa shape index (κ1) is 23.3. The van der Waals surface area contributed by atoms with E-state index in [4.69, 9.17) is 4.74 Å². The fourth-order valence-electron chi connectivity index (χ4n) is 2.73. The molecule has 8 heteroatoms. The van der Waals surface area contributed by atoms with Crippen molar-refractivity contribution in [3.8, 4) is 11.5 Å². The number of carboxylic acids is 1. The molecule has 0 aliphatic heterocycles. The average molecular weight is 424 g/mol. The van der Waals surface area contributed by atoms with Crippen LogP contribution in [0.1, 0.15) is 48.7 Å². The van der Waals surface area contributed by atoms with Crippen molar-refractivity contribution in [2.45, 2.75) is 52.0 Å². The van der Waals surface area contributed by atoms with Crippen molar-refractivity contribution >= 4 is 11.8 Å². The lowest BCUT2D eigenvalue weighted by atomic mass is 10.00. The number of rotatable bonds is 9. The maximum atomic E-state index is 12.3. The molecule has 0 amide bonds. The van der Waals surface area contributed by atoms with Crippen LogP contribution in [0.4, 0.5) is 13.2 Å². The van der Waals surface area contributed by atoms with Gasteiger partial charge in [0, 0.05) is 12.0 Å². The molecule has 0 atom stereocenters. The summed E-state index contributed by atoms with van der Waals surface area (Å²) >= 11 is 0. The maximum Gasteiger partial charge on any atom is 0.573 e. The molecule has 1 N–H and O–H groups in total. The van der Waals surface area contributed by atoms with Crippen molar-refractivity contribution < 1.29 is 37.3 Å². The van der Waals surface area contributed by atoms with Gasteiger partial charge < -0.3 is 14.6 Å². The van der Waals surface area contributed by atoms with E-state index >= 15 is 0 Å². The van der Waals surface area contributed by atoms with Crippen molar-refractivity contribution in [3.63, 3.8) is 0 Å². The van der Waals surface area contributed by atoms with Crippen LogP contribution in [0.3, 0.4) is 0 Å². The maximum absolute atomic E-state index is 12.3. The molecule has 0 aliphatic rings. The van der Waals surface area contributed by atoms with Crippen molar-refractivity contribution in [1.29, 1.82) is 0 Å². The Morgan fingerprint density at radius 1 is 1.00 bits per heavy atom. The molecule has 0 saturated heterocycles. The summed E-state index contributed by atoms with van der Waals surface area (Å²) in [5.41, 5.74) is 0.618. The van der Waals surface area contributed by atoms with Gasteiger partial charge in [0.1, 0.15) is 11.5 Å². The van der Waals surface area contributed by atoms with Gasteiger partial charge in [0.15, 0.2) is 11.4 Å². The van der Waals surface area contributed by atoms with Crippen molar-refractivity contribution in [3.05, 3.63) is 59.2 Å². The average Bonchev–Trinajstić information content (AvgIpc) is 2.65.